The number of benzene rings is 2. The van der Waals surface area contributed by atoms with Gasteiger partial charge in [-0.15, -0.1) is 0 Å². The number of hydrogen-bond acceptors (Lipinski definition) is 5. The van der Waals surface area contributed by atoms with Crippen molar-refractivity contribution >= 4 is 27.5 Å². The fourth-order valence-electron chi connectivity index (χ4n) is 3.76. The van der Waals surface area contributed by atoms with Gasteiger partial charge >= 0.3 is 0 Å². The number of nitrogens with one attached hydrogen (secondary N) is 2. The highest BCUT2D eigenvalue weighted by Gasteiger charge is 2.25. The number of anilines is 1. The lowest BCUT2D eigenvalue weighted by molar-refractivity contribution is 0.0949. The van der Waals surface area contributed by atoms with Crippen LogP contribution in [-0.2, 0) is 16.6 Å². The predicted molar refractivity (Wildman–Crippen MR) is 129 cm³/mol. The molecule has 0 radical (unpaired) electrons. The van der Waals surface area contributed by atoms with Crippen LogP contribution in [0, 0.1) is 0 Å². The third kappa shape index (κ3) is 5.67. The molecule has 2 heterocycles. The molecule has 3 aromatic rings. The van der Waals surface area contributed by atoms with Gasteiger partial charge in [0.2, 0.25) is 10.0 Å². The summed E-state index contributed by atoms with van der Waals surface area (Å²) in [5.41, 5.74) is 2.09. The molecule has 0 spiro atoms. The minimum Gasteiger partial charge on any atom is -0.348 e. The van der Waals surface area contributed by atoms with Crippen LogP contribution in [0.4, 0.5) is 5.69 Å². The van der Waals surface area contributed by atoms with E-state index in [4.69, 9.17) is 0 Å². The highest BCUT2D eigenvalue weighted by atomic mass is 32.2. The first kappa shape index (κ1) is 23.6. The van der Waals surface area contributed by atoms with Crippen LogP contribution in [0.3, 0.4) is 0 Å². The Morgan fingerprint density at radius 3 is 2.32 bits per heavy atom. The van der Waals surface area contributed by atoms with Crippen LogP contribution in [0.1, 0.15) is 45.5 Å². The second-order valence-corrected chi connectivity index (χ2v) is 10.0. The van der Waals surface area contributed by atoms with Gasteiger partial charge < -0.3 is 10.6 Å². The molecule has 4 rings (SSSR count). The maximum atomic E-state index is 12.8. The van der Waals surface area contributed by atoms with Gasteiger partial charge in [-0.1, -0.05) is 24.6 Å². The lowest BCUT2D eigenvalue weighted by Crippen LogP contribution is -2.35. The lowest BCUT2D eigenvalue weighted by atomic mass is 10.1. The number of amides is 2. The lowest BCUT2D eigenvalue weighted by Gasteiger charge is -2.25. The maximum absolute atomic E-state index is 12.8. The van der Waals surface area contributed by atoms with Gasteiger partial charge in [0, 0.05) is 43.3 Å². The smallest absolute Gasteiger partial charge is 0.257 e. The van der Waals surface area contributed by atoms with Crippen molar-refractivity contribution in [2.75, 3.05) is 18.4 Å². The van der Waals surface area contributed by atoms with Crippen LogP contribution >= 0.6 is 0 Å². The molecule has 0 unspecified atom stereocenters. The third-order valence-electron chi connectivity index (χ3n) is 5.64. The first-order chi connectivity index (χ1) is 16.4. The highest BCUT2D eigenvalue weighted by Crippen LogP contribution is 2.21. The minimum absolute atomic E-state index is 0.245. The second kappa shape index (κ2) is 10.6. The van der Waals surface area contributed by atoms with E-state index >= 15 is 0 Å². The number of carbonyl (C=O) groups is 2. The van der Waals surface area contributed by atoms with Crippen molar-refractivity contribution in [3.05, 3.63) is 89.7 Å². The molecule has 1 aliphatic heterocycles. The molecule has 2 amide bonds. The molecule has 8 nitrogen and oxygen atoms in total. The van der Waals surface area contributed by atoms with Crippen LogP contribution in [-0.4, -0.2) is 42.6 Å². The molecule has 176 valence electrons. The maximum Gasteiger partial charge on any atom is 0.257 e. The molecular formula is C25H26N4O4S. The number of nitrogens with zero attached hydrogens (tertiary/aromatic N) is 2. The summed E-state index contributed by atoms with van der Waals surface area (Å²) in [5.74, 6) is -0.618. The molecule has 34 heavy (non-hydrogen) atoms. The topological polar surface area (TPSA) is 108 Å². The standard InChI is InChI=1S/C25H26N4O4S/c30-24(20-6-4-8-22(16-20)28-25(31)21-7-5-13-26-18-21)27-17-19-9-11-23(12-10-19)34(32,33)29-14-2-1-3-15-29/h4-13,16,18H,1-3,14-15,17H2,(H,27,30)(H,28,31). The number of sulfonamides is 1. The Bertz CT molecular complexity index is 1260. The van der Waals surface area contributed by atoms with Crippen LogP contribution in [0.25, 0.3) is 0 Å². The van der Waals surface area contributed by atoms with Crippen molar-refractivity contribution in [1.29, 1.82) is 0 Å². The van der Waals surface area contributed by atoms with Crippen LogP contribution in [0.2, 0.25) is 0 Å². The van der Waals surface area contributed by atoms with E-state index in [1.165, 1.54) is 10.5 Å². The van der Waals surface area contributed by atoms with E-state index in [1.807, 2.05) is 0 Å². The van der Waals surface area contributed by atoms with Gasteiger partial charge in [-0.2, -0.15) is 4.31 Å². The number of carbonyl (C=O) groups excluding carboxylic acids is 2. The van der Waals surface area contributed by atoms with Gasteiger partial charge in [0.25, 0.3) is 11.8 Å². The summed E-state index contributed by atoms with van der Waals surface area (Å²) >= 11 is 0. The molecule has 0 saturated carbocycles. The SMILES string of the molecule is O=C(NCc1ccc(S(=O)(=O)N2CCCCC2)cc1)c1cccc(NC(=O)c2cccnc2)c1. The van der Waals surface area contributed by atoms with E-state index in [-0.39, 0.29) is 23.3 Å². The molecular weight excluding hydrogens is 452 g/mol. The van der Waals surface area contributed by atoms with Gasteiger partial charge in [-0.05, 0) is 60.9 Å². The van der Waals surface area contributed by atoms with E-state index < -0.39 is 10.0 Å². The van der Waals surface area contributed by atoms with Crippen molar-refractivity contribution in [2.45, 2.75) is 30.7 Å². The van der Waals surface area contributed by atoms with Crippen molar-refractivity contribution < 1.29 is 18.0 Å². The number of rotatable bonds is 7. The van der Waals surface area contributed by atoms with Crippen molar-refractivity contribution in [3.63, 3.8) is 0 Å². The molecule has 1 aliphatic rings. The molecule has 9 heteroatoms. The Hall–Kier alpha value is -3.56. The summed E-state index contributed by atoms with van der Waals surface area (Å²) in [6.07, 6.45) is 5.89. The zero-order valence-electron chi connectivity index (χ0n) is 18.6. The number of pyridine rings is 1. The normalized spacial score (nSPS) is 14.4. The Labute approximate surface area is 199 Å². The minimum atomic E-state index is -3.48. The van der Waals surface area contributed by atoms with E-state index in [0.717, 1.165) is 24.8 Å². The average Bonchev–Trinajstić information content (AvgIpc) is 2.88. The monoisotopic (exact) mass is 478 g/mol. The first-order valence-electron chi connectivity index (χ1n) is 11.1. The molecule has 0 bridgehead atoms. The molecule has 1 fully saturated rings. The van der Waals surface area contributed by atoms with Crippen LogP contribution in [0.5, 0.6) is 0 Å². The van der Waals surface area contributed by atoms with E-state index in [0.29, 0.717) is 29.9 Å². The van der Waals surface area contributed by atoms with Crippen molar-refractivity contribution in [1.82, 2.24) is 14.6 Å². The Morgan fingerprint density at radius 1 is 0.882 bits per heavy atom. The van der Waals surface area contributed by atoms with Gasteiger partial charge in [0.1, 0.15) is 0 Å². The predicted octanol–water partition coefficient (Wildman–Crippen LogP) is 3.44. The van der Waals surface area contributed by atoms with Crippen molar-refractivity contribution in [3.8, 4) is 0 Å². The molecule has 0 aliphatic carbocycles. The number of aromatic nitrogens is 1. The Morgan fingerprint density at radius 2 is 1.62 bits per heavy atom. The molecule has 1 saturated heterocycles. The molecule has 1 aromatic heterocycles. The quantitative estimate of drug-likeness (QED) is 0.541. The molecule has 2 N–H and O–H groups in total. The van der Waals surface area contributed by atoms with Crippen molar-refractivity contribution in [2.24, 2.45) is 0 Å². The van der Waals surface area contributed by atoms with Gasteiger partial charge in [-0.25, -0.2) is 8.42 Å². The largest absolute Gasteiger partial charge is 0.348 e. The second-order valence-electron chi connectivity index (χ2n) is 8.07. The summed E-state index contributed by atoms with van der Waals surface area (Å²) in [7, 11) is -3.48. The van der Waals surface area contributed by atoms with E-state index in [9.17, 15) is 18.0 Å². The van der Waals surface area contributed by atoms with Crippen LogP contribution < -0.4 is 10.6 Å². The summed E-state index contributed by atoms with van der Waals surface area (Å²) in [6, 6.07) is 16.6. The summed E-state index contributed by atoms with van der Waals surface area (Å²) in [5, 5.41) is 5.58. The van der Waals surface area contributed by atoms with E-state index in [2.05, 4.69) is 15.6 Å². The summed E-state index contributed by atoms with van der Waals surface area (Å²) < 4.78 is 27.1. The zero-order chi connectivity index (χ0) is 24.0. The summed E-state index contributed by atoms with van der Waals surface area (Å²) in [4.78, 5) is 29.1. The van der Waals surface area contributed by atoms with E-state index in [1.54, 1.807) is 66.9 Å². The number of hydrogen-bond donors (Lipinski definition) is 2. The zero-order valence-corrected chi connectivity index (χ0v) is 19.4. The third-order valence-corrected chi connectivity index (χ3v) is 7.55. The van der Waals surface area contributed by atoms with Gasteiger partial charge in [0.15, 0.2) is 0 Å². The fourth-order valence-corrected chi connectivity index (χ4v) is 5.27. The van der Waals surface area contributed by atoms with Gasteiger partial charge in [-0.3, -0.25) is 14.6 Å². The highest BCUT2D eigenvalue weighted by molar-refractivity contribution is 7.89. The van der Waals surface area contributed by atoms with Gasteiger partial charge in [0.05, 0.1) is 10.5 Å². The van der Waals surface area contributed by atoms with Crippen LogP contribution in [0.15, 0.2) is 78.0 Å². The summed E-state index contributed by atoms with van der Waals surface area (Å²) in [6.45, 7) is 1.36. The first-order valence-corrected chi connectivity index (χ1v) is 12.6. The Balaban J connectivity index is 1.35. The molecule has 2 aromatic carbocycles. The fraction of sp³-hybridized carbons (Fsp3) is 0.240. The Kier molecular flexibility index (Phi) is 7.34. The average molecular weight is 479 g/mol. The molecule has 0 atom stereocenters. The number of piperidine rings is 1.